The molecule has 0 saturated heterocycles. The van der Waals surface area contributed by atoms with Crippen molar-refractivity contribution in [1.82, 2.24) is 4.57 Å². The largest absolute Gasteiger partial charge is 0.501 e. The van der Waals surface area contributed by atoms with E-state index in [0.29, 0.717) is 6.07 Å². The third-order valence-electron chi connectivity index (χ3n) is 3.52. The van der Waals surface area contributed by atoms with Gasteiger partial charge in [0.1, 0.15) is 6.04 Å². The van der Waals surface area contributed by atoms with Crippen LogP contribution < -0.4 is 5.56 Å². The molecule has 0 aliphatic heterocycles. The Morgan fingerprint density at radius 1 is 1.27 bits per heavy atom. The molecule has 0 amide bonds. The van der Waals surface area contributed by atoms with Gasteiger partial charge in [0, 0.05) is 17.8 Å². The quantitative estimate of drug-likeness (QED) is 0.509. The maximum absolute atomic E-state index is 13.2. The standard InChI is InChI=1S/C18H24F3NO4/c1-5-25-8-7-13-11-22(16(23)10-14(13)18(19,20)21)15(9-12(3)4)17(24)26-6-2/h7-8,10-12,15H,5-6,9H2,1-4H3/b8-7+. The minimum atomic E-state index is -4.71. The van der Waals surface area contributed by atoms with Gasteiger partial charge in [-0.25, -0.2) is 4.79 Å². The predicted octanol–water partition coefficient (Wildman–Crippen LogP) is 4.02. The molecule has 1 unspecified atom stereocenters. The summed E-state index contributed by atoms with van der Waals surface area (Å²) in [6.45, 7) is 7.40. The van der Waals surface area contributed by atoms with Gasteiger partial charge in [-0.15, -0.1) is 0 Å². The molecule has 8 heteroatoms. The monoisotopic (exact) mass is 375 g/mol. The van der Waals surface area contributed by atoms with Crippen LogP contribution in [0.3, 0.4) is 0 Å². The fourth-order valence-electron chi connectivity index (χ4n) is 2.41. The Morgan fingerprint density at radius 2 is 1.92 bits per heavy atom. The number of pyridine rings is 1. The van der Waals surface area contributed by atoms with Crippen LogP contribution >= 0.6 is 0 Å². The molecule has 26 heavy (non-hydrogen) atoms. The lowest BCUT2D eigenvalue weighted by Gasteiger charge is -2.22. The second kappa shape index (κ2) is 9.45. The first-order chi connectivity index (χ1) is 12.1. The third-order valence-corrected chi connectivity index (χ3v) is 3.52. The molecule has 0 spiro atoms. The summed E-state index contributed by atoms with van der Waals surface area (Å²) in [5, 5.41) is 0. The van der Waals surface area contributed by atoms with Gasteiger partial charge in [0.2, 0.25) is 0 Å². The summed E-state index contributed by atoms with van der Waals surface area (Å²) in [4.78, 5) is 24.5. The molecule has 1 aromatic heterocycles. The number of carbonyl (C=O) groups excluding carboxylic acids is 1. The SMILES string of the molecule is CCO/C=C/c1cn(C(CC(C)C)C(=O)OCC)c(=O)cc1C(F)(F)F. The number of aromatic nitrogens is 1. The molecule has 146 valence electrons. The molecular formula is C18H24F3NO4. The fraction of sp³-hybridized carbons (Fsp3) is 0.556. The average molecular weight is 375 g/mol. The van der Waals surface area contributed by atoms with Crippen LogP contribution in [0.2, 0.25) is 0 Å². The Morgan fingerprint density at radius 3 is 2.42 bits per heavy atom. The number of esters is 1. The van der Waals surface area contributed by atoms with Gasteiger partial charge < -0.3 is 14.0 Å². The van der Waals surface area contributed by atoms with Crippen molar-refractivity contribution in [1.29, 1.82) is 0 Å². The van der Waals surface area contributed by atoms with Crippen molar-refractivity contribution in [2.45, 2.75) is 46.3 Å². The number of carbonyl (C=O) groups is 1. The molecule has 5 nitrogen and oxygen atoms in total. The Balaban J connectivity index is 3.51. The number of nitrogens with zero attached hydrogens (tertiary/aromatic N) is 1. The first kappa shape index (κ1) is 21.8. The van der Waals surface area contributed by atoms with Crippen molar-refractivity contribution in [2.24, 2.45) is 5.92 Å². The first-order valence-electron chi connectivity index (χ1n) is 8.39. The maximum Gasteiger partial charge on any atom is 0.417 e. The van der Waals surface area contributed by atoms with E-state index < -0.39 is 29.3 Å². The lowest BCUT2D eigenvalue weighted by Crippen LogP contribution is -2.33. The summed E-state index contributed by atoms with van der Waals surface area (Å²) in [5.74, 6) is -0.621. The summed E-state index contributed by atoms with van der Waals surface area (Å²) < 4.78 is 50.7. The molecule has 0 aromatic carbocycles. The Hall–Kier alpha value is -2.25. The summed E-state index contributed by atoms with van der Waals surface area (Å²) in [6, 6.07) is -0.498. The summed E-state index contributed by atoms with van der Waals surface area (Å²) >= 11 is 0. The smallest absolute Gasteiger partial charge is 0.417 e. The van der Waals surface area contributed by atoms with E-state index in [2.05, 4.69) is 0 Å². The van der Waals surface area contributed by atoms with E-state index in [4.69, 9.17) is 9.47 Å². The lowest BCUT2D eigenvalue weighted by molar-refractivity contribution is -0.147. The van der Waals surface area contributed by atoms with Gasteiger partial charge in [-0.1, -0.05) is 13.8 Å². The van der Waals surface area contributed by atoms with Gasteiger partial charge in [-0.3, -0.25) is 4.79 Å². The molecule has 0 fully saturated rings. The van der Waals surface area contributed by atoms with Crippen LogP contribution in [0.4, 0.5) is 13.2 Å². The molecule has 1 heterocycles. The zero-order valence-electron chi connectivity index (χ0n) is 15.3. The van der Waals surface area contributed by atoms with Crippen LogP contribution in [0.25, 0.3) is 6.08 Å². The van der Waals surface area contributed by atoms with Gasteiger partial charge in [0.05, 0.1) is 25.0 Å². The number of hydrogen-bond donors (Lipinski definition) is 0. The van der Waals surface area contributed by atoms with Gasteiger partial charge in [-0.05, 0) is 32.3 Å². The number of hydrogen-bond acceptors (Lipinski definition) is 4. The zero-order chi connectivity index (χ0) is 19.9. The van der Waals surface area contributed by atoms with Crippen molar-refractivity contribution in [3.8, 4) is 0 Å². The second-order valence-corrected chi connectivity index (χ2v) is 6.04. The van der Waals surface area contributed by atoms with E-state index in [0.717, 1.165) is 23.1 Å². The predicted molar refractivity (Wildman–Crippen MR) is 91.5 cm³/mol. The maximum atomic E-state index is 13.2. The summed E-state index contributed by atoms with van der Waals surface area (Å²) in [6.07, 6.45) is -1.16. The highest BCUT2D eigenvalue weighted by Crippen LogP contribution is 2.32. The molecular weight excluding hydrogens is 351 g/mol. The first-order valence-corrected chi connectivity index (χ1v) is 8.39. The van der Waals surface area contributed by atoms with Crippen LogP contribution in [0.5, 0.6) is 0 Å². The number of rotatable bonds is 8. The molecule has 0 bridgehead atoms. The van der Waals surface area contributed by atoms with Gasteiger partial charge in [0.25, 0.3) is 5.56 Å². The number of alkyl halides is 3. The van der Waals surface area contributed by atoms with Crippen molar-refractivity contribution >= 4 is 12.0 Å². The van der Waals surface area contributed by atoms with Crippen LogP contribution in [0, 0.1) is 5.92 Å². The Bertz CT molecular complexity index is 693. The van der Waals surface area contributed by atoms with Gasteiger partial charge >= 0.3 is 12.1 Å². The number of ether oxygens (including phenoxy) is 2. The van der Waals surface area contributed by atoms with E-state index in [9.17, 15) is 22.8 Å². The summed E-state index contributed by atoms with van der Waals surface area (Å²) in [7, 11) is 0. The topological polar surface area (TPSA) is 57.5 Å². The van der Waals surface area contributed by atoms with Gasteiger partial charge in [0.15, 0.2) is 0 Å². The molecule has 0 aliphatic rings. The highest BCUT2D eigenvalue weighted by molar-refractivity contribution is 5.74. The molecule has 1 aromatic rings. The van der Waals surface area contributed by atoms with E-state index >= 15 is 0 Å². The van der Waals surface area contributed by atoms with Crippen LogP contribution in [-0.2, 0) is 20.4 Å². The van der Waals surface area contributed by atoms with Crippen molar-refractivity contribution < 1.29 is 27.4 Å². The highest BCUT2D eigenvalue weighted by atomic mass is 19.4. The number of halogens is 3. The third kappa shape index (κ3) is 5.93. The van der Waals surface area contributed by atoms with E-state index in [-0.39, 0.29) is 31.1 Å². The highest BCUT2D eigenvalue weighted by Gasteiger charge is 2.35. The summed E-state index contributed by atoms with van der Waals surface area (Å²) in [5.41, 5.74) is -2.25. The molecule has 0 N–H and O–H groups in total. The minimum absolute atomic E-state index is 0.0287. The van der Waals surface area contributed by atoms with Crippen molar-refractivity contribution in [3.05, 3.63) is 40.0 Å². The fourth-order valence-corrected chi connectivity index (χ4v) is 2.41. The lowest BCUT2D eigenvalue weighted by atomic mass is 10.0. The van der Waals surface area contributed by atoms with Crippen LogP contribution in [-0.4, -0.2) is 23.8 Å². The zero-order valence-corrected chi connectivity index (χ0v) is 15.3. The van der Waals surface area contributed by atoms with Crippen LogP contribution in [0.1, 0.15) is 51.3 Å². The van der Waals surface area contributed by atoms with Gasteiger partial charge in [-0.2, -0.15) is 13.2 Å². The Kier molecular flexibility index (Phi) is 7.92. The average Bonchev–Trinajstić information content (AvgIpc) is 2.53. The van der Waals surface area contributed by atoms with Crippen LogP contribution in [0.15, 0.2) is 23.3 Å². The Labute approximate surface area is 150 Å². The van der Waals surface area contributed by atoms with Crippen molar-refractivity contribution in [3.63, 3.8) is 0 Å². The second-order valence-electron chi connectivity index (χ2n) is 6.04. The molecule has 0 saturated carbocycles. The molecule has 1 rings (SSSR count). The van der Waals surface area contributed by atoms with Crippen molar-refractivity contribution in [2.75, 3.05) is 13.2 Å². The minimum Gasteiger partial charge on any atom is -0.501 e. The molecule has 0 radical (unpaired) electrons. The normalized spacial score (nSPS) is 13.2. The molecule has 1 atom stereocenters. The molecule has 0 aliphatic carbocycles. The van der Waals surface area contributed by atoms with E-state index in [1.807, 2.05) is 13.8 Å². The van der Waals surface area contributed by atoms with E-state index in [1.165, 1.54) is 0 Å². The van der Waals surface area contributed by atoms with E-state index in [1.54, 1.807) is 13.8 Å².